The summed E-state index contributed by atoms with van der Waals surface area (Å²) in [5, 5.41) is 11.0. The average Bonchev–Trinajstić information content (AvgIpc) is 3.34. The number of para-hydroxylation sites is 2. The first kappa shape index (κ1) is 17.3. The summed E-state index contributed by atoms with van der Waals surface area (Å²) in [4.78, 5) is 17.6. The number of nitrogens with one attached hydrogen (secondary N) is 1. The molecule has 140 valence electrons. The van der Waals surface area contributed by atoms with Gasteiger partial charge in [-0.15, -0.1) is 0 Å². The van der Waals surface area contributed by atoms with Crippen LogP contribution >= 0.6 is 11.3 Å². The zero-order chi connectivity index (χ0) is 19.6. The van der Waals surface area contributed by atoms with E-state index in [4.69, 9.17) is 0 Å². The normalized spacial score (nSPS) is 15.2. The molecule has 0 atom stereocenters. The number of hydrazone groups is 2. The maximum absolute atomic E-state index is 13.1. The molecule has 0 aliphatic carbocycles. The fourth-order valence-electron chi connectivity index (χ4n) is 3.05. The van der Waals surface area contributed by atoms with Crippen molar-refractivity contribution in [2.45, 2.75) is 0 Å². The summed E-state index contributed by atoms with van der Waals surface area (Å²) in [6.45, 7) is 0. The third-order valence-electron chi connectivity index (χ3n) is 4.42. The number of rotatable bonds is 4. The Kier molecular flexibility index (Phi) is 4.34. The second kappa shape index (κ2) is 7.29. The number of anilines is 2. The Hall–Kier alpha value is -3.84. The first-order chi connectivity index (χ1) is 14.3. The van der Waals surface area contributed by atoms with E-state index in [9.17, 15) is 4.79 Å². The van der Waals surface area contributed by atoms with Gasteiger partial charge in [0.05, 0.1) is 15.9 Å². The van der Waals surface area contributed by atoms with Gasteiger partial charge in [-0.1, -0.05) is 72.0 Å². The maximum Gasteiger partial charge on any atom is 0.301 e. The van der Waals surface area contributed by atoms with Crippen LogP contribution in [0.4, 0.5) is 10.8 Å². The van der Waals surface area contributed by atoms with E-state index in [2.05, 4.69) is 20.6 Å². The predicted octanol–water partition coefficient (Wildman–Crippen LogP) is 4.52. The highest BCUT2D eigenvalue weighted by molar-refractivity contribution is 7.22. The van der Waals surface area contributed by atoms with Gasteiger partial charge in [0.15, 0.2) is 5.71 Å². The Bertz CT molecular complexity index is 1210. The van der Waals surface area contributed by atoms with E-state index in [1.165, 1.54) is 16.3 Å². The van der Waals surface area contributed by atoms with Gasteiger partial charge in [-0.2, -0.15) is 15.2 Å². The van der Waals surface area contributed by atoms with E-state index in [0.717, 1.165) is 15.8 Å². The van der Waals surface area contributed by atoms with Gasteiger partial charge < -0.3 is 0 Å². The highest BCUT2D eigenvalue weighted by Crippen LogP contribution is 2.26. The molecule has 0 radical (unpaired) electrons. The van der Waals surface area contributed by atoms with Crippen molar-refractivity contribution < 1.29 is 4.79 Å². The Morgan fingerprint density at radius 2 is 1.55 bits per heavy atom. The maximum atomic E-state index is 13.1. The predicted molar refractivity (Wildman–Crippen MR) is 118 cm³/mol. The molecule has 0 spiro atoms. The van der Waals surface area contributed by atoms with Gasteiger partial charge in [0, 0.05) is 5.56 Å². The number of benzene rings is 3. The number of hydrogen-bond acceptors (Lipinski definition) is 6. The molecule has 29 heavy (non-hydrogen) atoms. The molecule has 7 heteroatoms. The van der Waals surface area contributed by atoms with Gasteiger partial charge in [-0.25, -0.2) is 4.98 Å². The number of fused-ring (bicyclic) bond motifs is 1. The Morgan fingerprint density at radius 1 is 0.862 bits per heavy atom. The molecule has 1 aliphatic rings. The molecule has 0 fully saturated rings. The fourth-order valence-corrected chi connectivity index (χ4v) is 3.86. The number of carbonyl (C=O) groups is 1. The smallest absolute Gasteiger partial charge is 0.265 e. The molecule has 5 rings (SSSR count). The molecule has 1 N–H and O–H groups in total. The monoisotopic (exact) mass is 397 g/mol. The number of aromatic nitrogens is 1. The van der Waals surface area contributed by atoms with Crippen LogP contribution in [-0.4, -0.2) is 22.3 Å². The fraction of sp³-hybridized carbons (Fsp3) is 0. The minimum Gasteiger partial charge on any atom is -0.265 e. The van der Waals surface area contributed by atoms with Crippen LogP contribution in [0.15, 0.2) is 95.1 Å². The SMILES string of the molecule is O=C1C(=NNc2nc3ccccc3s2)C(c2ccccc2)=NN1c1ccccc1. The molecule has 1 amide bonds. The van der Waals surface area contributed by atoms with Crippen molar-refractivity contribution in [1.29, 1.82) is 0 Å². The summed E-state index contributed by atoms with van der Waals surface area (Å²) in [7, 11) is 0. The standard InChI is InChI=1S/C22H15N5OS/c28-21-20(24-25-22-23-17-13-7-8-14-18(17)29-22)19(15-9-3-1-4-10-15)26-27(21)16-11-5-2-6-12-16/h1-14H,(H,23,25). The highest BCUT2D eigenvalue weighted by atomic mass is 32.1. The molecule has 0 saturated carbocycles. The molecule has 0 saturated heterocycles. The molecule has 1 aliphatic heterocycles. The second-order valence-electron chi connectivity index (χ2n) is 6.33. The van der Waals surface area contributed by atoms with Crippen LogP contribution in [0.2, 0.25) is 0 Å². The third kappa shape index (κ3) is 3.28. The van der Waals surface area contributed by atoms with Crippen molar-refractivity contribution >= 4 is 49.7 Å². The molecule has 6 nitrogen and oxygen atoms in total. The number of thiazole rings is 1. The highest BCUT2D eigenvalue weighted by Gasteiger charge is 2.34. The van der Waals surface area contributed by atoms with Crippen LogP contribution in [0.3, 0.4) is 0 Å². The van der Waals surface area contributed by atoms with Gasteiger partial charge in [-0.05, 0) is 24.3 Å². The van der Waals surface area contributed by atoms with Crippen LogP contribution in [-0.2, 0) is 4.79 Å². The van der Waals surface area contributed by atoms with Crippen molar-refractivity contribution in [3.63, 3.8) is 0 Å². The Labute approximate surface area is 170 Å². The van der Waals surface area contributed by atoms with Crippen LogP contribution in [0.25, 0.3) is 10.2 Å². The van der Waals surface area contributed by atoms with Crippen molar-refractivity contribution in [1.82, 2.24) is 4.98 Å². The lowest BCUT2D eigenvalue weighted by Gasteiger charge is -2.10. The third-order valence-corrected chi connectivity index (χ3v) is 5.37. The number of hydrogen-bond donors (Lipinski definition) is 1. The van der Waals surface area contributed by atoms with Gasteiger partial charge >= 0.3 is 5.91 Å². The summed E-state index contributed by atoms with van der Waals surface area (Å²) < 4.78 is 1.05. The molecular weight excluding hydrogens is 382 g/mol. The summed E-state index contributed by atoms with van der Waals surface area (Å²) in [5.41, 5.74) is 6.12. The van der Waals surface area contributed by atoms with E-state index in [1.807, 2.05) is 84.9 Å². The lowest BCUT2D eigenvalue weighted by atomic mass is 10.1. The first-order valence-corrected chi connectivity index (χ1v) is 9.84. The van der Waals surface area contributed by atoms with E-state index in [0.29, 0.717) is 16.5 Å². The second-order valence-corrected chi connectivity index (χ2v) is 7.36. The molecule has 0 bridgehead atoms. The topological polar surface area (TPSA) is 70.0 Å². The van der Waals surface area contributed by atoms with Crippen LogP contribution in [0.5, 0.6) is 0 Å². The molecule has 4 aromatic rings. The molecular formula is C22H15N5OS. The van der Waals surface area contributed by atoms with Crippen LogP contribution in [0.1, 0.15) is 5.56 Å². The van der Waals surface area contributed by atoms with E-state index in [1.54, 1.807) is 0 Å². The van der Waals surface area contributed by atoms with Crippen LogP contribution in [0, 0.1) is 0 Å². The molecule has 2 heterocycles. The zero-order valence-corrected chi connectivity index (χ0v) is 16.0. The zero-order valence-electron chi connectivity index (χ0n) is 15.2. The van der Waals surface area contributed by atoms with Gasteiger partial charge in [-0.3, -0.25) is 10.2 Å². The van der Waals surface area contributed by atoms with Crippen molar-refractivity contribution in [3.05, 3.63) is 90.5 Å². The van der Waals surface area contributed by atoms with Gasteiger partial charge in [0.2, 0.25) is 5.13 Å². The minimum atomic E-state index is -0.288. The summed E-state index contributed by atoms with van der Waals surface area (Å²) in [5.74, 6) is -0.288. The quantitative estimate of drug-likeness (QED) is 0.515. The Balaban J connectivity index is 1.53. The lowest BCUT2D eigenvalue weighted by molar-refractivity contribution is -0.112. The van der Waals surface area contributed by atoms with Crippen molar-refractivity contribution in [3.8, 4) is 0 Å². The minimum absolute atomic E-state index is 0.249. The number of carbonyl (C=O) groups excluding carboxylic acids is 1. The van der Waals surface area contributed by atoms with Gasteiger partial charge in [0.25, 0.3) is 0 Å². The first-order valence-electron chi connectivity index (χ1n) is 9.03. The van der Waals surface area contributed by atoms with Crippen LogP contribution < -0.4 is 10.4 Å². The Morgan fingerprint density at radius 3 is 2.31 bits per heavy atom. The lowest BCUT2D eigenvalue weighted by Crippen LogP contribution is -2.28. The van der Waals surface area contributed by atoms with Crippen molar-refractivity contribution in [2.24, 2.45) is 10.2 Å². The summed E-state index contributed by atoms with van der Waals surface area (Å²) >= 11 is 1.48. The largest absolute Gasteiger partial charge is 0.301 e. The van der Waals surface area contributed by atoms with Gasteiger partial charge in [0.1, 0.15) is 5.71 Å². The molecule has 1 aromatic heterocycles. The van der Waals surface area contributed by atoms with E-state index < -0.39 is 0 Å². The van der Waals surface area contributed by atoms with E-state index in [-0.39, 0.29) is 11.6 Å². The summed E-state index contributed by atoms with van der Waals surface area (Å²) in [6.07, 6.45) is 0. The number of amides is 1. The molecule has 3 aromatic carbocycles. The summed E-state index contributed by atoms with van der Waals surface area (Å²) in [6, 6.07) is 26.7. The number of nitrogens with zero attached hydrogens (tertiary/aromatic N) is 4. The molecule has 0 unspecified atom stereocenters. The van der Waals surface area contributed by atoms with E-state index >= 15 is 0 Å². The van der Waals surface area contributed by atoms with Crippen molar-refractivity contribution in [2.75, 3.05) is 10.4 Å². The average molecular weight is 397 g/mol.